The van der Waals surface area contributed by atoms with Gasteiger partial charge < -0.3 is 24.8 Å². The van der Waals surface area contributed by atoms with Crippen molar-refractivity contribution in [3.63, 3.8) is 0 Å². The Kier molecular flexibility index (Phi) is 8.09. The molecule has 0 atom stereocenters. The van der Waals surface area contributed by atoms with E-state index in [4.69, 9.17) is 9.47 Å². The molecule has 0 amide bonds. The molecule has 27 heavy (non-hydrogen) atoms. The highest BCUT2D eigenvalue weighted by atomic mass is 19.3. The maximum atomic E-state index is 12.6. The summed E-state index contributed by atoms with van der Waals surface area (Å²) in [6, 6.07) is 4.73. The van der Waals surface area contributed by atoms with Crippen molar-refractivity contribution < 1.29 is 23.0 Å². The predicted molar refractivity (Wildman–Crippen MR) is 101 cm³/mol. The fourth-order valence-corrected chi connectivity index (χ4v) is 2.83. The van der Waals surface area contributed by atoms with E-state index in [0.717, 1.165) is 26.2 Å². The standard InChI is InChI=1S/C19H29F2N3O3/c1-4-26-10-9-19(7-8-19)13-24-18(22-2)23-12-14-11-15(25-3)5-6-16(14)27-17(20)21/h5-6,11,17H,4,7-10,12-13H2,1-3H3,(H2,22,23,24). The van der Waals surface area contributed by atoms with E-state index in [0.29, 0.717) is 17.3 Å². The minimum absolute atomic E-state index is 0.115. The molecule has 1 aromatic carbocycles. The lowest BCUT2D eigenvalue weighted by molar-refractivity contribution is -0.0505. The number of hydrogen-bond acceptors (Lipinski definition) is 4. The summed E-state index contributed by atoms with van der Waals surface area (Å²) in [5.74, 6) is 1.30. The molecule has 8 heteroatoms. The third kappa shape index (κ3) is 6.86. The van der Waals surface area contributed by atoms with Crippen LogP contribution in [0.2, 0.25) is 0 Å². The van der Waals surface area contributed by atoms with Gasteiger partial charge in [-0.1, -0.05) is 0 Å². The molecule has 0 spiro atoms. The maximum absolute atomic E-state index is 12.6. The first kappa shape index (κ1) is 21.2. The molecule has 6 nitrogen and oxygen atoms in total. The Morgan fingerprint density at radius 3 is 2.67 bits per heavy atom. The van der Waals surface area contributed by atoms with Gasteiger partial charge in [-0.2, -0.15) is 8.78 Å². The van der Waals surface area contributed by atoms with Crippen molar-refractivity contribution >= 4 is 5.96 Å². The molecule has 0 saturated heterocycles. The second-order valence-corrected chi connectivity index (χ2v) is 6.58. The number of methoxy groups -OCH3 is 1. The monoisotopic (exact) mass is 385 g/mol. The van der Waals surface area contributed by atoms with Crippen LogP contribution in [-0.4, -0.2) is 46.5 Å². The smallest absolute Gasteiger partial charge is 0.387 e. The SMILES string of the molecule is CCOCCC1(CNC(=NC)NCc2cc(OC)ccc2OC(F)F)CC1. The van der Waals surface area contributed by atoms with Crippen LogP contribution in [0, 0.1) is 5.41 Å². The normalized spacial score (nSPS) is 15.6. The zero-order valence-electron chi connectivity index (χ0n) is 16.2. The molecule has 2 rings (SSSR count). The Balaban J connectivity index is 1.90. The number of nitrogens with zero attached hydrogens (tertiary/aromatic N) is 1. The number of aliphatic imine (C=N–C) groups is 1. The quantitative estimate of drug-likeness (QED) is 0.348. The fraction of sp³-hybridized carbons (Fsp3) is 0.632. The number of benzene rings is 1. The third-order valence-electron chi connectivity index (χ3n) is 4.72. The summed E-state index contributed by atoms with van der Waals surface area (Å²) in [6.45, 7) is 1.70. The zero-order chi connectivity index (χ0) is 19.7. The van der Waals surface area contributed by atoms with E-state index in [1.807, 2.05) is 6.92 Å². The first-order valence-electron chi connectivity index (χ1n) is 9.16. The van der Waals surface area contributed by atoms with Gasteiger partial charge in [0.1, 0.15) is 11.5 Å². The fourth-order valence-electron chi connectivity index (χ4n) is 2.83. The minimum Gasteiger partial charge on any atom is -0.497 e. The lowest BCUT2D eigenvalue weighted by atomic mass is 10.0. The minimum atomic E-state index is -2.88. The Hall–Kier alpha value is -2.09. The molecule has 1 aliphatic carbocycles. The van der Waals surface area contributed by atoms with Crippen LogP contribution in [0.1, 0.15) is 31.7 Å². The molecule has 1 saturated carbocycles. The molecule has 0 heterocycles. The average molecular weight is 385 g/mol. The molecular weight excluding hydrogens is 356 g/mol. The van der Waals surface area contributed by atoms with Gasteiger partial charge in [-0.25, -0.2) is 0 Å². The van der Waals surface area contributed by atoms with Crippen LogP contribution in [0.15, 0.2) is 23.2 Å². The lowest BCUT2D eigenvalue weighted by Crippen LogP contribution is -2.40. The average Bonchev–Trinajstić information content (AvgIpc) is 3.42. The van der Waals surface area contributed by atoms with Crippen molar-refractivity contribution in [3.8, 4) is 11.5 Å². The van der Waals surface area contributed by atoms with Gasteiger partial charge in [0.25, 0.3) is 0 Å². The van der Waals surface area contributed by atoms with Gasteiger partial charge in [0.2, 0.25) is 0 Å². The highest BCUT2D eigenvalue weighted by Gasteiger charge is 2.41. The van der Waals surface area contributed by atoms with Crippen LogP contribution in [0.25, 0.3) is 0 Å². The van der Waals surface area contributed by atoms with Crippen molar-refractivity contribution in [1.82, 2.24) is 10.6 Å². The van der Waals surface area contributed by atoms with Crippen LogP contribution >= 0.6 is 0 Å². The largest absolute Gasteiger partial charge is 0.497 e. The highest BCUT2D eigenvalue weighted by Crippen LogP contribution is 2.48. The first-order valence-corrected chi connectivity index (χ1v) is 9.16. The van der Waals surface area contributed by atoms with E-state index in [-0.39, 0.29) is 17.7 Å². The topological polar surface area (TPSA) is 64.1 Å². The van der Waals surface area contributed by atoms with E-state index in [1.165, 1.54) is 26.0 Å². The summed E-state index contributed by atoms with van der Waals surface area (Å²) in [6.07, 6.45) is 3.37. The van der Waals surface area contributed by atoms with Crippen LogP contribution in [-0.2, 0) is 11.3 Å². The number of halogens is 2. The molecule has 0 radical (unpaired) electrons. The number of rotatable bonds is 11. The van der Waals surface area contributed by atoms with E-state index in [1.54, 1.807) is 19.2 Å². The van der Waals surface area contributed by atoms with Crippen molar-refractivity contribution in [3.05, 3.63) is 23.8 Å². The summed E-state index contributed by atoms with van der Waals surface area (Å²) >= 11 is 0. The third-order valence-corrected chi connectivity index (χ3v) is 4.72. The first-order chi connectivity index (χ1) is 13.0. The van der Waals surface area contributed by atoms with Gasteiger partial charge in [0.15, 0.2) is 5.96 Å². The van der Waals surface area contributed by atoms with Gasteiger partial charge in [0, 0.05) is 38.9 Å². The zero-order valence-corrected chi connectivity index (χ0v) is 16.2. The van der Waals surface area contributed by atoms with Crippen molar-refractivity contribution in [1.29, 1.82) is 0 Å². The molecular formula is C19H29F2N3O3. The maximum Gasteiger partial charge on any atom is 0.387 e. The number of nitrogens with one attached hydrogen (secondary N) is 2. The predicted octanol–water partition coefficient (Wildman–Crippen LogP) is 3.17. The molecule has 0 bridgehead atoms. The van der Waals surface area contributed by atoms with Crippen molar-refractivity contribution in [2.75, 3.05) is 33.9 Å². The van der Waals surface area contributed by atoms with Gasteiger partial charge in [-0.3, -0.25) is 4.99 Å². The Morgan fingerprint density at radius 2 is 2.07 bits per heavy atom. The van der Waals surface area contributed by atoms with Gasteiger partial charge in [-0.05, 0) is 49.8 Å². The van der Waals surface area contributed by atoms with Gasteiger partial charge in [-0.15, -0.1) is 0 Å². The van der Waals surface area contributed by atoms with E-state index in [9.17, 15) is 8.78 Å². The highest BCUT2D eigenvalue weighted by molar-refractivity contribution is 5.79. The molecule has 152 valence electrons. The summed E-state index contributed by atoms with van der Waals surface area (Å²) in [5.41, 5.74) is 0.835. The summed E-state index contributed by atoms with van der Waals surface area (Å²) < 4.78 is 40.4. The Bertz CT molecular complexity index is 622. The molecule has 0 aromatic heterocycles. The van der Waals surface area contributed by atoms with Crippen LogP contribution in [0.5, 0.6) is 11.5 Å². The second-order valence-electron chi connectivity index (χ2n) is 6.58. The Labute approximate surface area is 159 Å². The van der Waals surface area contributed by atoms with Crippen molar-refractivity contribution in [2.45, 2.75) is 39.3 Å². The number of ether oxygens (including phenoxy) is 3. The van der Waals surface area contributed by atoms with Gasteiger partial charge in [0.05, 0.1) is 7.11 Å². The van der Waals surface area contributed by atoms with E-state index >= 15 is 0 Å². The van der Waals surface area contributed by atoms with Crippen LogP contribution in [0.4, 0.5) is 8.78 Å². The van der Waals surface area contributed by atoms with Crippen molar-refractivity contribution in [2.24, 2.45) is 10.4 Å². The molecule has 0 aliphatic heterocycles. The number of hydrogen-bond donors (Lipinski definition) is 2. The number of alkyl halides is 2. The molecule has 1 aromatic rings. The number of guanidine groups is 1. The Morgan fingerprint density at radius 1 is 1.30 bits per heavy atom. The van der Waals surface area contributed by atoms with Crippen LogP contribution < -0.4 is 20.1 Å². The molecule has 2 N–H and O–H groups in total. The molecule has 1 fully saturated rings. The summed E-state index contributed by atoms with van der Waals surface area (Å²) in [4.78, 5) is 4.21. The van der Waals surface area contributed by atoms with Crippen LogP contribution in [0.3, 0.4) is 0 Å². The lowest BCUT2D eigenvalue weighted by Gasteiger charge is -2.19. The molecule has 0 unspecified atom stereocenters. The van der Waals surface area contributed by atoms with E-state index in [2.05, 4.69) is 20.4 Å². The molecule has 1 aliphatic rings. The van der Waals surface area contributed by atoms with E-state index < -0.39 is 6.61 Å². The summed E-state index contributed by atoms with van der Waals surface area (Å²) in [7, 11) is 3.20. The van der Waals surface area contributed by atoms with Gasteiger partial charge >= 0.3 is 6.61 Å². The second kappa shape index (κ2) is 10.3. The summed E-state index contributed by atoms with van der Waals surface area (Å²) in [5, 5.41) is 6.47.